The normalized spacial score (nSPS) is 16.4. The molecule has 5 heteroatoms. The first-order valence-electron chi connectivity index (χ1n) is 10.1. The first kappa shape index (κ1) is 20.5. The molecule has 0 fully saturated rings. The predicted octanol–water partition coefficient (Wildman–Crippen LogP) is 5.60. The summed E-state index contributed by atoms with van der Waals surface area (Å²) in [5.41, 5.74) is 4.38. The van der Waals surface area contributed by atoms with Crippen molar-refractivity contribution < 1.29 is 9.53 Å². The Hall–Kier alpha value is -2.82. The molecule has 0 unspecified atom stereocenters. The van der Waals surface area contributed by atoms with Crippen LogP contribution >= 0.6 is 11.6 Å². The van der Waals surface area contributed by atoms with Crippen LogP contribution in [0.25, 0.3) is 0 Å². The van der Waals surface area contributed by atoms with Gasteiger partial charge in [0.05, 0.1) is 5.02 Å². The molecule has 4 rings (SSSR count). The van der Waals surface area contributed by atoms with Gasteiger partial charge in [-0.3, -0.25) is 4.90 Å². The van der Waals surface area contributed by atoms with Crippen LogP contribution in [0.5, 0.6) is 5.75 Å². The maximum absolute atomic E-state index is 12.7. The zero-order valence-electron chi connectivity index (χ0n) is 17.2. The highest BCUT2D eigenvalue weighted by Gasteiger charge is 2.25. The van der Waals surface area contributed by atoms with Crippen molar-refractivity contribution in [2.45, 2.75) is 12.3 Å². The van der Waals surface area contributed by atoms with E-state index in [1.54, 1.807) is 7.05 Å². The van der Waals surface area contributed by atoms with Gasteiger partial charge in [0.2, 0.25) is 0 Å². The molecule has 0 saturated carbocycles. The Morgan fingerprint density at radius 3 is 2.43 bits per heavy atom. The van der Waals surface area contributed by atoms with Gasteiger partial charge in [0.1, 0.15) is 0 Å². The van der Waals surface area contributed by atoms with Crippen LogP contribution in [-0.4, -0.2) is 38.2 Å². The summed E-state index contributed by atoms with van der Waals surface area (Å²) in [5, 5.41) is 0.458. The topological polar surface area (TPSA) is 32.8 Å². The molecule has 1 amide bonds. The highest BCUT2D eigenvalue weighted by Crippen LogP contribution is 2.37. The number of carbonyl (C=O) groups is 1. The van der Waals surface area contributed by atoms with E-state index in [0.717, 1.165) is 25.2 Å². The van der Waals surface area contributed by atoms with Gasteiger partial charge in [-0.25, -0.2) is 4.79 Å². The third kappa shape index (κ3) is 4.35. The maximum atomic E-state index is 12.7. The average Bonchev–Trinajstić information content (AvgIpc) is 2.93. The molecule has 1 heterocycles. The largest absolute Gasteiger partial charge is 0.419 e. The zero-order chi connectivity index (χ0) is 21.1. The quantitative estimate of drug-likeness (QED) is 0.553. The van der Waals surface area contributed by atoms with Crippen molar-refractivity contribution in [2.24, 2.45) is 0 Å². The van der Waals surface area contributed by atoms with E-state index in [0.29, 0.717) is 10.8 Å². The molecule has 3 aromatic rings. The molecule has 0 radical (unpaired) electrons. The van der Waals surface area contributed by atoms with Crippen molar-refractivity contribution in [2.75, 3.05) is 32.1 Å². The first-order chi connectivity index (χ1) is 14.5. The maximum Gasteiger partial charge on any atom is 0.419 e. The zero-order valence-corrected chi connectivity index (χ0v) is 18.0. The number of carbonyl (C=O) groups excluding carboxylic acids is 1. The van der Waals surface area contributed by atoms with Crippen molar-refractivity contribution in [3.63, 3.8) is 0 Å². The third-order valence-corrected chi connectivity index (χ3v) is 5.94. The number of hydrogen-bond acceptors (Lipinski definition) is 3. The van der Waals surface area contributed by atoms with Crippen LogP contribution in [0, 0.1) is 0 Å². The first-order valence-corrected chi connectivity index (χ1v) is 10.5. The Morgan fingerprint density at radius 1 is 1.07 bits per heavy atom. The smallest absolute Gasteiger partial charge is 0.408 e. The van der Waals surface area contributed by atoms with E-state index in [1.807, 2.05) is 48.5 Å². The highest BCUT2D eigenvalue weighted by molar-refractivity contribution is 6.32. The number of nitrogens with zero attached hydrogens (tertiary/aromatic N) is 2. The number of hydrogen-bond donors (Lipinski definition) is 0. The number of anilines is 1. The van der Waals surface area contributed by atoms with Crippen molar-refractivity contribution in [3.8, 4) is 5.75 Å². The lowest BCUT2D eigenvalue weighted by atomic mass is 9.88. The molecule has 1 atom stereocenters. The summed E-state index contributed by atoms with van der Waals surface area (Å²) < 4.78 is 5.72. The van der Waals surface area contributed by atoms with Crippen LogP contribution < -0.4 is 9.64 Å². The fourth-order valence-corrected chi connectivity index (χ4v) is 4.16. The van der Waals surface area contributed by atoms with Gasteiger partial charge in [0, 0.05) is 31.7 Å². The SMILES string of the molecule is CN1CCc2cc(Cl)c(OC(=O)N(C)c3ccccc3)cc2[C@H](c2ccccc2)C1. The van der Waals surface area contributed by atoms with Crippen LogP contribution in [0.4, 0.5) is 10.5 Å². The fraction of sp³-hybridized carbons (Fsp3) is 0.240. The summed E-state index contributed by atoms with van der Waals surface area (Å²) in [6.45, 7) is 1.86. The summed E-state index contributed by atoms with van der Waals surface area (Å²) in [7, 11) is 3.83. The molecular formula is C25H25ClN2O2. The van der Waals surface area contributed by atoms with E-state index in [1.165, 1.54) is 21.6 Å². The Bertz CT molecular complexity index is 1020. The summed E-state index contributed by atoms with van der Waals surface area (Å²) in [5.74, 6) is 0.587. The fourth-order valence-electron chi connectivity index (χ4n) is 3.93. The standard InChI is InChI=1S/C25H25ClN2O2/c1-27-14-13-19-15-23(26)24(30-25(29)28(2)20-11-7-4-8-12-20)16-21(19)22(17-27)18-9-5-3-6-10-18/h3-12,15-16,22H,13-14,17H2,1-2H3/t22-/m0/s1. The van der Waals surface area contributed by atoms with E-state index in [4.69, 9.17) is 16.3 Å². The number of likely N-dealkylation sites (N-methyl/N-ethyl adjacent to an activating group) is 1. The molecule has 0 saturated heterocycles. The molecule has 4 nitrogen and oxygen atoms in total. The Morgan fingerprint density at radius 2 is 1.73 bits per heavy atom. The Labute approximate surface area is 182 Å². The lowest BCUT2D eigenvalue weighted by Crippen LogP contribution is -2.29. The monoisotopic (exact) mass is 420 g/mol. The number of fused-ring (bicyclic) bond motifs is 1. The highest BCUT2D eigenvalue weighted by atomic mass is 35.5. The van der Waals surface area contributed by atoms with Crippen molar-refractivity contribution >= 4 is 23.4 Å². The van der Waals surface area contributed by atoms with E-state index in [-0.39, 0.29) is 5.92 Å². The predicted molar refractivity (Wildman–Crippen MR) is 122 cm³/mol. The molecule has 0 bridgehead atoms. The average molecular weight is 421 g/mol. The van der Waals surface area contributed by atoms with Crippen LogP contribution in [0.3, 0.4) is 0 Å². The summed E-state index contributed by atoms with van der Waals surface area (Å²) in [6.07, 6.45) is 0.442. The van der Waals surface area contributed by atoms with E-state index < -0.39 is 6.09 Å². The number of para-hydroxylation sites is 1. The van der Waals surface area contributed by atoms with E-state index in [2.05, 4.69) is 36.2 Å². The molecule has 1 aliphatic rings. The number of halogens is 1. The van der Waals surface area contributed by atoms with Gasteiger partial charge in [-0.15, -0.1) is 0 Å². The second-order valence-electron chi connectivity index (χ2n) is 7.72. The molecule has 30 heavy (non-hydrogen) atoms. The minimum Gasteiger partial charge on any atom is -0.408 e. The second-order valence-corrected chi connectivity index (χ2v) is 8.13. The molecule has 0 aliphatic carbocycles. The van der Waals surface area contributed by atoms with Crippen molar-refractivity contribution in [3.05, 3.63) is 94.5 Å². The van der Waals surface area contributed by atoms with Gasteiger partial charge in [0.15, 0.2) is 5.75 Å². The number of benzene rings is 3. The minimum absolute atomic E-state index is 0.190. The molecular weight excluding hydrogens is 396 g/mol. The molecule has 0 spiro atoms. The van der Waals surface area contributed by atoms with Crippen LogP contribution in [0.2, 0.25) is 5.02 Å². The lowest BCUT2D eigenvalue weighted by Gasteiger charge is -2.23. The molecule has 0 aromatic heterocycles. The van der Waals surface area contributed by atoms with Gasteiger partial charge >= 0.3 is 6.09 Å². The molecule has 154 valence electrons. The number of rotatable bonds is 3. The second kappa shape index (κ2) is 8.90. The van der Waals surface area contributed by atoms with Crippen LogP contribution in [0.1, 0.15) is 22.6 Å². The Balaban J connectivity index is 1.67. The number of amides is 1. The molecule has 0 N–H and O–H groups in total. The molecule has 1 aliphatic heterocycles. The van der Waals surface area contributed by atoms with E-state index in [9.17, 15) is 4.79 Å². The minimum atomic E-state index is -0.468. The molecule has 3 aromatic carbocycles. The van der Waals surface area contributed by atoms with Crippen LogP contribution in [-0.2, 0) is 6.42 Å². The van der Waals surface area contributed by atoms with Gasteiger partial charge < -0.3 is 9.64 Å². The third-order valence-electron chi connectivity index (χ3n) is 5.64. The van der Waals surface area contributed by atoms with Gasteiger partial charge in [-0.1, -0.05) is 60.1 Å². The van der Waals surface area contributed by atoms with E-state index >= 15 is 0 Å². The van der Waals surface area contributed by atoms with Gasteiger partial charge in [0.25, 0.3) is 0 Å². The van der Waals surface area contributed by atoms with Crippen molar-refractivity contribution in [1.29, 1.82) is 0 Å². The van der Waals surface area contributed by atoms with Crippen LogP contribution in [0.15, 0.2) is 72.8 Å². The summed E-state index contributed by atoms with van der Waals surface area (Å²) >= 11 is 6.53. The van der Waals surface area contributed by atoms with Gasteiger partial charge in [-0.2, -0.15) is 0 Å². The lowest BCUT2D eigenvalue weighted by molar-refractivity contribution is 0.209. The number of ether oxygens (including phenoxy) is 1. The summed E-state index contributed by atoms with van der Waals surface area (Å²) in [4.78, 5) is 16.6. The summed E-state index contributed by atoms with van der Waals surface area (Å²) in [6, 6.07) is 23.8. The van der Waals surface area contributed by atoms with Gasteiger partial charge in [-0.05, 0) is 54.4 Å². The Kier molecular flexibility index (Phi) is 6.07. The van der Waals surface area contributed by atoms with Crippen molar-refractivity contribution in [1.82, 2.24) is 4.90 Å².